The molecule has 80 valence electrons. The summed E-state index contributed by atoms with van der Waals surface area (Å²) in [6.07, 6.45) is 0. The lowest BCUT2D eigenvalue weighted by atomic mass is 10.4. The lowest BCUT2D eigenvalue weighted by molar-refractivity contribution is 0.759. The molecule has 2 heterocycles. The Bertz CT molecular complexity index is 471. The molecule has 1 unspecified atom stereocenters. The Balaban J connectivity index is 2.41. The first-order chi connectivity index (χ1) is 7.08. The van der Waals surface area contributed by atoms with Crippen LogP contribution in [-0.2, 0) is 7.05 Å². The molecule has 0 saturated heterocycles. The summed E-state index contributed by atoms with van der Waals surface area (Å²) in [5.74, 6) is 1.54. The van der Waals surface area contributed by atoms with E-state index >= 15 is 0 Å². The number of thiazole rings is 1. The summed E-state index contributed by atoms with van der Waals surface area (Å²) in [7, 11) is 1.86. The Labute approximate surface area is 92.0 Å². The minimum atomic E-state index is -0.0296. The maximum absolute atomic E-state index is 5.75. The number of nitrogens with two attached hydrogens (primary N) is 1. The van der Waals surface area contributed by atoms with E-state index in [9.17, 15) is 0 Å². The Hall–Kier alpha value is -1.27. The average Bonchev–Trinajstić information content (AvgIpc) is 2.71. The second-order valence-corrected chi connectivity index (χ2v) is 4.36. The largest absolute Gasteiger partial charge is 0.322 e. The van der Waals surface area contributed by atoms with Crippen molar-refractivity contribution in [3.63, 3.8) is 0 Å². The maximum Gasteiger partial charge on any atom is 0.177 e. The van der Waals surface area contributed by atoms with Gasteiger partial charge in [-0.05, 0) is 13.8 Å². The molecule has 15 heavy (non-hydrogen) atoms. The van der Waals surface area contributed by atoms with Crippen molar-refractivity contribution >= 4 is 11.3 Å². The number of hydrogen-bond acceptors (Lipinski definition) is 5. The Kier molecular flexibility index (Phi) is 2.54. The van der Waals surface area contributed by atoms with Crippen LogP contribution in [0.3, 0.4) is 0 Å². The molecule has 2 N–H and O–H groups in total. The van der Waals surface area contributed by atoms with Crippen LogP contribution in [0, 0.1) is 6.92 Å². The first-order valence-electron chi connectivity index (χ1n) is 4.67. The van der Waals surface area contributed by atoms with Gasteiger partial charge in [0.05, 0.1) is 6.04 Å². The fraction of sp³-hybridized carbons (Fsp3) is 0.444. The zero-order chi connectivity index (χ0) is 11.0. The van der Waals surface area contributed by atoms with E-state index in [-0.39, 0.29) is 6.04 Å². The molecular formula is C9H13N5S. The zero-order valence-electron chi connectivity index (χ0n) is 8.93. The standard InChI is InChI=1S/C9H13N5S/c1-5(10)9-12-7(4-15-9)8-11-6(2)13-14(8)3/h4-5H,10H2,1-3H3. The quantitative estimate of drug-likeness (QED) is 0.832. The van der Waals surface area contributed by atoms with Crippen LogP contribution in [0.4, 0.5) is 0 Å². The van der Waals surface area contributed by atoms with E-state index in [0.717, 1.165) is 22.4 Å². The third kappa shape index (κ3) is 1.91. The fourth-order valence-corrected chi connectivity index (χ4v) is 2.09. The molecule has 0 aromatic carbocycles. The highest BCUT2D eigenvalue weighted by atomic mass is 32.1. The topological polar surface area (TPSA) is 69.6 Å². The van der Waals surface area contributed by atoms with Crippen LogP contribution >= 0.6 is 11.3 Å². The summed E-state index contributed by atoms with van der Waals surface area (Å²) in [5.41, 5.74) is 6.60. The van der Waals surface area contributed by atoms with E-state index in [1.54, 1.807) is 16.0 Å². The maximum atomic E-state index is 5.75. The summed E-state index contributed by atoms with van der Waals surface area (Å²) in [4.78, 5) is 8.73. The van der Waals surface area contributed by atoms with Gasteiger partial charge in [0, 0.05) is 12.4 Å². The summed E-state index contributed by atoms with van der Waals surface area (Å²) < 4.78 is 1.73. The van der Waals surface area contributed by atoms with Crippen molar-refractivity contribution in [2.45, 2.75) is 19.9 Å². The summed E-state index contributed by atoms with van der Waals surface area (Å²) >= 11 is 1.55. The Morgan fingerprint density at radius 3 is 2.67 bits per heavy atom. The summed E-state index contributed by atoms with van der Waals surface area (Å²) in [6, 6.07) is -0.0296. The van der Waals surface area contributed by atoms with E-state index in [0.29, 0.717) is 0 Å². The van der Waals surface area contributed by atoms with Crippen LogP contribution in [0.5, 0.6) is 0 Å². The van der Waals surface area contributed by atoms with Crippen molar-refractivity contribution in [1.82, 2.24) is 19.7 Å². The molecule has 6 heteroatoms. The molecule has 0 bridgehead atoms. The van der Waals surface area contributed by atoms with Gasteiger partial charge in [0.25, 0.3) is 0 Å². The SMILES string of the molecule is Cc1nc(-c2csc(C(C)N)n2)n(C)n1. The van der Waals surface area contributed by atoms with Crippen LogP contribution in [0.2, 0.25) is 0 Å². The minimum Gasteiger partial charge on any atom is -0.322 e. The molecule has 0 aliphatic carbocycles. The smallest absolute Gasteiger partial charge is 0.177 e. The summed E-state index contributed by atoms with van der Waals surface area (Å²) in [6.45, 7) is 3.78. The van der Waals surface area contributed by atoms with E-state index in [2.05, 4.69) is 15.1 Å². The van der Waals surface area contributed by atoms with Gasteiger partial charge in [-0.1, -0.05) is 0 Å². The van der Waals surface area contributed by atoms with Crippen LogP contribution in [0.15, 0.2) is 5.38 Å². The molecule has 2 aromatic heterocycles. The second kappa shape index (κ2) is 3.71. The molecule has 0 fully saturated rings. The molecule has 5 nitrogen and oxygen atoms in total. The predicted octanol–water partition coefficient (Wildman–Crippen LogP) is 1.27. The van der Waals surface area contributed by atoms with Crippen molar-refractivity contribution in [1.29, 1.82) is 0 Å². The van der Waals surface area contributed by atoms with Crippen molar-refractivity contribution < 1.29 is 0 Å². The molecule has 2 rings (SSSR count). The molecular weight excluding hydrogens is 210 g/mol. The molecule has 0 spiro atoms. The van der Waals surface area contributed by atoms with Crippen molar-refractivity contribution in [3.8, 4) is 11.5 Å². The van der Waals surface area contributed by atoms with Crippen LogP contribution in [-0.4, -0.2) is 19.7 Å². The predicted molar refractivity (Wildman–Crippen MR) is 59.5 cm³/mol. The lowest BCUT2D eigenvalue weighted by Gasteiger charge is -1.97. The third-order valence-corrected chi connectivity index (χ3v) is 3.06. The monoisotopic (exact) mass is 223 g/mol. The molecule has 0 radical (unpaired) electrons. The van der Waals surface area contributed by atoms with E-state index in [1.165, 1.54) is 0 Å². The second-order valence-electron chi connectivity index (χ2n) is 3.47. The van der Waals surface area contributed by atoms with Crippen LogP contribution in [0.25, 0.3) is 11.5 Å². The first kappa shape index (κ1) is 10.3. The number of rotatable bonds is 2. The van der Waals surface area contributed by atoms with Crippen LogP contribution < -0.4 is 5.73 Å². The van der Waals surface area contributed by atoms with Crippen molar-refractivity contribution in [2.75, 3.05) is 0 Å². The van der Waals surface area contributed by atoms with Crippen LogP contribution in [0.1, 0.15) is 23.8 Å². The van der Waals surface area contributed by atoms with Crippen molar-refractivity contribution in [2.24, 2.45) is 12.8 Å². The lowest BCUT2D eigenvalue weighted by Crippen LogP contribution is -2.04. The van der Waals surface area contributed by atoms with Gasteiger partial charge < -0.3 is 5.73 Å². The minimum absolute atomic E-state index is 0.0296. The van der Waals surface area contributed by atoms with Gasteiger partial charge in [-0.25, -0.2) is 14.6 Å². The molecule has 2 aromatic rings. The molecule has 1 atom stereocenters. The van der Waals surface area contributed by atoms with E-state index in [4.69, 9.17) is 5.73 Å². The number of aromatic nitrogens is 4. The van der Waals surface area contributed by atoms with Gasteiger partial charge in [0.2, 0.25) is 0 Å². The zero-order valence-corrected chi connectivity index (χ0v) is 9.75. The van der Waals surface area contributed by atoms with E-state index in [1.807, 2.05) is 26.3 Å². The Morgan fingerprint density at radius 2 is 2.20 bits per heavy atom. The van der Waals surface area contributed by atoms with Gasteiger partial charge >= 0.3 is 0 Å². The number of aryl methyl sites for hydroxylation is 2. The first-order valence-corrected chi connectivity index (χ1v) is 5.55. The summed E-state index contributed by atoms with van der Waals surface area (Å²) in [5, 5.41) is 7.06. The molecule has 0 aliphatic heterocycles. The molecule has 0 aliphatic rings. The fourth-order valence-electron chi connectivity index (χ4n) is 1.33. The molecule has 0 saturated carbocycles. The van der Waals surface area contributed by atoms with Gasteiger partial charge in [-0.2, -0.15) is 5.10 Å². The van der Waals surface area contributed by atoms with E-state index < -0.39 is 0 Å². The van der Waals surface area contributed by atoms with Gasteiger partial charge in [-0.3, -0.25) is 0 Å². The van der Waals surface area contributed by atoms with Gasteiger partial charge in [-0.15, -0.1) is 11.3 Å². The van der Waals surface area contributed by atoms with Crippen molar-refractivity contribution in [3.05, 3.63) is 16.2 Å². The Morgan fingerprint density at radius 1 is 1.47 bits per heavy atom. The number of hydrogen-bond donors (Lipinski definition) is 1. The van der Waals surface area contributed by atoms with Gasteiger partial charge in [0.1, 0.15) is 16.5 Å². The third-order valence-electron chi connectivity index (χ3n) is 2.01. The highest BCUT2D eigenvalue weighted by Gasteiger charge is 2.12. The highest BCUT2D eigenvalue weighted by molar-refractivity contribution is 7.10. The van der Waals surface area contributed by atoms with Gasteiger partial charge in [0.15, 0.2) is 5.82 Å². The number of nitrogens with zero attached hydrogens (tertiary/aromatic N) is 4. The highest BCUT2D eigenvalue weighted by Crippen LogP contribution is 2.22. The molecule has 0 amide bonds. The average molecular weight is 223 g/mol. The normalized spacial score (nSPS) is 13.1.